The Morgan fingerprint density at radius 1 is 1.30 bits per heavy atom. The fourth-order valence-corrected chi connectivity index (χ4v) is 1.94. The molecule has 0 bridgehead atoms. The van der Waals surface area contributed by atoms with Gasteiger partial charge in [-0.15, -0.1) is 6.42 Å². The topological polar surface area (TPSA) is 68.7 Å². The van der Waals surface area contributed by atoms with E-state index in [0.29, 0.717) is 18.9 Å². The molecule has 0 amide bonds. The van der Waals surface area contributed by atoms with E-state index in [-0.39, 0.29) is 17.0 Å². The number of esters is 2. The number of methoxy groups -OCH3 is 2. The van der Waals surface area contributed by atoms with Crippen LogP contribution < -0.4 is 4.90 Å². The fourth-order valence-electron chi connectivity index (χ4n) is 1.94. The largest absolute Gasteiger partial charge is 0.465 e. The zero-order valence-electron chi connectivity index (χ0n) is 11.3. The van der Waals surface area contributed by atoms with Gasteiger partial charge in [0.15, 0.2) is 0 Å². The quantitative estimate of drug-likeness (QED) is 0.597. The number of aromatic nitrogens is 1. The van der Waals surface area contributed by atoms with Gasteiger partial charge >= 0.3 is 11.9 Å². The van der Waals surface area contributed by atoms with Crippen LogP contribution in [0.1, 0.15) is 20.7 Å². The molecule has 1 aromatic rings. The highest BCUT2D eigenvalue weighted by atomic mass is 16.5. The highest BCUT2D eigenvalue weighted by molar-refractivity contribution is 6.03. The van der Waals surface area contributed by atoms with Gasteiger partial charge in [-0.25, -0.2) is 14.6 Å². The first-order chi connectivity index (χ1) is 9.60. The van der Waals surface area contributed by atoms with Crippen LogP contribution in [0.25, 0.3) is 0 Å². The lowest BCUT2D eigenvalue weighted by atomic mass is 10.0. The van der Waals surface area contributed by atoms with Crippen molar-refractivity contribution in [2.75, 3.05) is 32.2 Å². The summed E-state index contributed by atoms with van der Waals surface area (Å²) in [5.41, 5.74) is 0.214. The fraction of sp³-hybridized carbons (Fsp3) is 0.357. The molecule has 0 saturated carbocycles. The highest BCUT2D eigenvalue weighted by Gasteiger charge is 2.28. The van der Waals surface area contributed by atoms with Crippen LogP contribution in [-0.2, 0) is 9.47 Å². The summed E-state index contributed by atoms with van der Waals surface area (Å²) in [6.07, 6.45) is 6.64. The van der Waals surface area contributed by atoms with Gasteiger partial charge in [-0.3, -0.25) is 0 Å². The first kappa shape index (κ1) is 13.9. The zero-order valence-corrected chi connectivity index (χ0v) is 11.3. The molecule has 6 heteroatoms. The Labute approximate surface area is 116 Å². The second-order valence-corrected chi connectivity index (χ2v) is 4.34. The summed E-state index contributed by atoms with van der Waals surface area (Å²) in [5.74, 6) is 2.20. The van der Waals surface area contributed by atoms with Crippen LogP contribution in [0.15, 0.2) is 12.3 Å². The van der Waals surface area contributed by atoms with Gasteiger partial charge in [0, 0.05) is 19.3 Å². The van der Waals surface area contributed by atoms with Crippen LogP contribution in [0.2, 0.25) is 0 Å². The number of nitrogens with zero attached hydrogens (tertiary/aromatic N) is 2. The van der Waals surface area contributed by atoms with E-state index in [4.69, 9.17) is 6.42 Å². The van der Waals surface area contributed by atoms with Crippen molar-refractivity contribution in [1.82, 2.24) is 4.98 Å². The van der Waals surface area contributed by atoms with Crippen LogP contribution in [0.4, 0.5) is 5.82 Å². The van der Waals surface area contributed by atoms with E-state index in [0.717, 1.165) is 0 Å². The van der Waals surface area contributed by atoms with E-state index < -0.39 is 11.9 Å². The Kier molecular flexibility index (Phi) is 3.89. The predicted molar refractivity (Wildman–Crippen MR) is 71.5 cm³/mol. The molecule has 0 spiro atoms. The lowest BCUT2D eigenvalue weighted by molar-refractivity contribution is 0.0554. The van der Waals surface area contributed by atoms with Gasteiger partial charge in [-0.05, 0) is 6.07 Å². The molecule has 20 heavy (non-hydrogen) atoms. The van der Waals surface area contributed by atoms with E-state index in [1.165, 1.54) is 26.5 Å². The first-order valence-electron chi connectivity index (χ1n) is 5.98. The van der Waals surface area contributed by atoms with Gasteiger partial charge in [0.1, 0.15) is 5.82 Å². The van der Waals surface area contributed by atoms with Crippen LogP contribution in [0, 0.1) is 18.3 Å². The number of carbonyl (C=O) groups excluding carboxylic acids is 2. The van der Waals surface area contributed by atoms with Gasteiger partial charge in [-0.1, -0.05) is 5.92 Å². The van der Waals surface area contributed by atoms with Crippen molar-refractivity contribution in [3.63, 3.8) is 0 Å². The van der Waals surface area contributed by atoms with Gasteiger partial charge in [0.05, 0.1) is 31.3 Å². The molecule has 2 rings (SSSR count). The minimum atomic E-state index is -0.630. The summed E-state index contributed by atoms with van der Waals surface area (Å²) >= 11 is 0. The van der Waals surface area contributed by atoms with Crippen molar-refractivity contribution >= 4 is 17.8 Å². The van der Waals surface area contributed by atoms with E-state index >= 15 is 0 Å². The predicted octanol–water partition coefficient (Wildman–Crippen LogP) is 0.724. The lowest BCUT2D eigenvalue weighted by Gasteiger charge is -2.37. The minimum absolute atomic E-state index is 0.0807. The van der Waals surface area contributed by atoms with Gasteiger partial charge in [0.2, 0.25) is 0 Å². The van der Waals surface area contributed by atoms with Crippen LogP contribution in [0.3, 0.4) is 0 Å². The van der Waals surface area contributed by atoms with E-state index in [2.05, 4.69) is 20.4 Å². The number of terminal acetylenes is 1. The minimum Gasteiger partial charge on any atom is -0.465 e. The number of ether oxygens (including phenoxy) is 2. The molecule has 0 aliphatic carbocycles. The van der Waals surface area contributed by atoms with Crippen molar-refractivity contribution < 1.29 is 19.1 Å². The Bertz CT molecular complexity index is 585. The number of rotatable bonds is 3. The Balaban J connectivity index is 2.32. The highest BCUT2D eigenvalue weighted by Crippen LogP contribution is 2.24. The van der Waals surface area contributed by atoms with E-state index in [1.54, 1.807) is 0 Å². The summed E-state index contributed by atoms with van der Waals surface area (Å²) in [6, 6.07) is 1.52. The van der Waals surface area contributed by atoms with E-state index in [9.17, 15) is 9.59 Å². The Hall–Kier alpha value is -2.55. The number of anilines is 1. The molecular formula is C14H14N2O4. The first-order valence-corrected chi connectivity index (χ1v) is 5.98. The van der Waals surface area contributed by atoms with Crippen molar-refractivity contribution in [2.24, 2.45) is 5.92 Å². The van der Waals surface area contributed by atoms with Crippen molar-refractivity contribution in [1.29, 1.82) is 0 Å². The molecule has 1 saturated heterocycles. The standard InChI is InChI=1S/C14H14N2O4/c1-4-9-7-16(8-9)12-5-10(13(17)19-2)11(6-15-12)14(18)20-3/h1,5-6,9H,7-8H2,2-3H3. The second kappa shape index (κ2) is 5.61. The van der Waals surface area contributed by atoms with Gasteiger partial charge in [0.25, 0.3) is 0 Å². The average Bonchev–Trinajstić information content (AvgIpc) is 2.44. The molecule has 2 heterocycles. The molecule has 1 fully saturated rings. The third-order valence-electron chi connectivity index (χ3n) is 3.14. The second-order valence-electron chi connectivity index (χ2n) is 4.34. The molecule has 0 aromatic carbocycles. The smallest absolute Gasteiger partial charge is 0.340 e. The van der Waals surface area contributed by atoms with Gasteiger partial charge in [-0.2, -0.15) is 0 Å². The van der Waals surface area contributed by atoms with Crippen molar-refractivity contribution in [3.05, 3.63) is 23.4 Å². The third kappa shape index (κ3) is 2.43. The van der Waals surface area contributed by atoms with Crippen molar-refractivity contribution in [2.45, 2.75) is 0 Å². The van der Waals surface area contributed by atoms with E-state index in [1.807, 2.05) is 4.90 Å². The molecular weight excluding hydrogens is 260 g/mol. The monoisotopic (exact) mass is 274 g/mol. The van der Waals surface area contributed by atoms with Crippen LogP contribution in [-0.4, -0.2) is 44.2 Å². The number of hydrogen-bond donors (Lipinski definition) is 0. The number of pyridine rings is 1. The maximum absolute atomic E-state index is 11.7. The maximum Gasteiger partial charge on any atom is 0.340 e. The van der Waals surface area contributed by atoms with Crippen LogP contribution >= 0.6 is 0 Å². The van der Waals surface area contributed by atoms with Crippen molar-refractivity contribution in [3.8, 4) is 12.3 Å². The third-order valence-corrected chi connectivity index (χ3v) is 3.14. The SMILES string of the molecule is C#CC1CN(c2cc(C(=O)OC)c(C(=O)OC)cn2)C1. The molecule has 104 valence electrons. The summed E-state index contributed by atoms with van der Waals surface area (Å²) in [4.78, 5) is 29.4. The molecule has 0 radical (unpaired) electrons. The zero-order chi connectivity index (χ0) is 14.7. The van der Waals surface area contributed by atoms with Crippen LogP contribution in [0.5, 0.6) is 0 Å². The Morgan fingerprint density at radius 2 is 1.90 bits per heavy atom. The average molecular weight is 274 g/mol. The summed E-state index contributed by atoms with van der Waals surface area (Å²) in [6.45, 7) is 1.36. The summed E-state index contributed by atoms with van der Waals surface area (Å²) in [5, 5.41) is 0. The molecule has 0 atom stereocenters. The molecule has 0 N–H and O–H groups in total. The molecule has 6 nitrogen and oxygen atoms in total. The summed E-state index contributed by atoms with van der Waals surface area (Å²) in [7, 11) is 2.49. The molecule has 1 aliphatic rings. The lowest BCUT2D eigenvalue weighted by Crippen LogP contribution is -2.46. The number of carbonyl (C=O) groups is 2. The summed E-state index contributed by atoms with van der Waals surface area (Å²) < 4.78 is 9.29. The van der Waals surface area contributed by atoms with Gasteiger partial charge < -0.3 is 14.4 Å². The maximum atomic E-state index is 11.7. The molecule has 1 aromatic heterocycles. The molecule has 1 aliphatic heterocycles. The number of hydrogen-bond acceptors (Lipinski definition) is 6. The Morgan fingerprint density at radius 3 is 2.45 bits per heavy atom. The normalized spacial score (nSPS) is 14.2. The molecule has 0 unspecified atom stereocenters.